The van der Waals surface area contributed by atoms with Crippen LogP contribution in [0.3, 0.4) is 0 Å². The molecule has 14 heavy (non-hydrogen) atoms. The van der Waals surface area contributed by atoms with E-state index in [2.05, 4.69) is 0 Å². The van der Waals surface area contributed by atoms with Crippen LogP contribution in [0.1, 0.15) is 25.7 Å². The zero-order valence-electron chi connectivity index (χ0n) is 8.13. The minimum atomic E-state index is -0.114. The van der Waals surface area contributed by atoms with Crippen molar-refractivity contribution in [3.63, 3.8) is 0 Å². The Morgan fingerprint density at radius 1 is 1.36 bits per heavy atom. The van der Waals surface area contributed by atoms with Gasteiger partial charge in [0.05, 0.1) is 5.70 Å². The number of hydrogen-bond donors (Lipinski definition) is 0. The second kappa shape index (κ2) is 3.95. The minimum Gasteiger partial charge on any atom is -0.369 e. The number of halogens is 1. The Hall–Kier alpha value is -1.12. The number of hydrogen-bond acceptors (Lipinski definition) is 2. The van der Waals surface area contributed by atoms with E-state index in [0.29, 0.717) is 24.1 Å². The van der Waals surface area contributed by atoms with Gasteiger partial charge in [0.1, 0.15) is 5.83 Å². The molecule has 0 atom stereocenters. The molecule has 2 nitrogen and oxygen atoms in total. The highest BCUT2D eigenvalue weighted by atomic mass is 19.1. The van der Waals surface area contributed by atoms with Crippen molar-refractivity contribution in [2.75, 3.05) is 13.1 Å². The largest absolute Gasteiger partial charge is 0.369 e. The first-order chi connectivity index (χ1) is 6.83. The van der Waals surface area contributed by atoms with E-state index >= 15 is 0 Å². The third kappa shape index (κ3) is 1.59. The molecule has 2 rings (SSSR count). The smallest absolute Gasteiger partial charge is 0.151 e. The predicted molar refractivity (Wildman–Crippen MR) is 52.3 cm³/mol. The van der Waals surface area contributed by atoms with Gasteiger partial charge in [-0.25, -0.2) is 4.39 Å². The fourth-order valence-electron chi connectivity index (χ4n) is 2.12. The summed E-state index contributed by atoms with van der Waals surface area (Å²) >= 11 is 0. The summed E-state index contributed by atoms with van der Waals surface area (Å²) in [6.45, 7) is 1.77. The number of rotatable bonds is 2. The fourth-order valence-corrected chi connectivity index (χ4v) is 2.12. The van der Waals surface area contributed by atoms with Crippen molar-refractivity contribution >= 4 is 6.29 Å². The van der Waals surface area contributed by atoms with Crippen LogP contribution in [0.25, 0.3) is 0 Å². The Balaban J connectivity index is 2.27. The second-order valence-corrected chi connectivity index (χ2v) is 3.76. The summed E-state index contributed by atoms with van der Waals surface area (Å²) in [6.07, 6.45) is 5.91. The Labute approximate surface area is 83.1 Å². The molecule has 0 unspecified atom stereocenters. The van der Waals surface area contributed by atoms with E-state index in [1.165, 1.54) is 0 Å². The van der Waals surface area contributed by atoms with Gasteiger partial charge >= 0.3 is 0 Å². The van der Waals surface area contributed by atoms with Crippen LogP contribution in [-0.4, -0.2) is 24.3 Å². The first-order valence-electron chi connectivity index (χ1n) is 5.12. The second-order valence-electron chi connectivity index (χ2n) is 3.76. The van der Waals surface area contributed by atoms with E-state index in [0.717, 1.165) is 32.2 Å². The van der Waals surface area contributed by atoms with Crippen molar-refractivity contribution < 1.29 is 9.18 Å². The van der Waals surface area contributed by atoms with Gasteiger partial charge in [0.2, 0.25) is 0 Å². The first-order valence-corrected chi connectivity index (χ1v) is 5.12. The summed E-state index contributed by atoms with van der Waals surface area (Å²) < 4.78 is 13.6. The van der Waals surface area contributed by atoms with Crippen LogP contribution in [0.2, 0.25) is 0 Å². The molecule has 0 saturated carbocycles. The van der Waals surface area contributed by atoms with Crippen molar-refractivity contribution in [2.24, 2.45) is 0 Å². The Morgan fingerprint density at radius 3 is 2.71 bits per heavy atom. The topological polar surface area (TPSA) is 20.3 Å². The molecular formula is C11H14FNO. The SMILES string of the molecule is O=CC1=CCCC(F)=C1N1CCCC1. The van der Waals surface area contributed by atoms with Gasteiger partial charge in [-0.2, -0.15) is 0 Å². The Kier molecular flexibility index (Phi) is 2.66. The average Bonchev–Trinajstić information content (AvgIpc) is 2.70. The van der Waals surface area contributed by atoms with Gasteiger partial charge < -0.3 is 4.90 Å². The lowest BCUT2D eigenvalue weighted by Gasteiger charge is -2.24. The van der Waals surface area contributed by atoms with Crippen molar-refractivity contribution in [3.05, 3.63) is 23.2 Å². The number of carbonyl (C=O) groups is 1. The van der Waals surface area contributed by atoms with E-state index in [4.69, 9.17) is 0 Å². The molecule has 0 N–H and O–H groups in total. The van der Waals surface area contributed by atoms with E-state index in [9.17, 15) is 9.18 Å². The summed E-state index contributed by atoms with van der Waals surface area (Å²) in [5, 5.41) is 0. The molecule has 0 aromatic rings. The maximum Gasteiger partial charge on any atom is 0.151 e. The highest BCUT2D eigenvalue weighted by Gasteiger charge is 2.23. The van der Waals surface area contributed by atoms with Crippen LogP contribution in [0.15, 0.2) is 23.2 Å². The summed E-state index contributed by atoms with van der Waals surface area (Å²) in [4.78, 5) is 12.8. The van der Waals surface area contributed by atoms with Gasteiger partial charge in [-0.05, 0) is 19.3 Å². The standard InChI is InChI=1S/C11H14FNO/c12-10-5-3-4-9(8-14)11(10)13-6-1-2-7-13/h4,8H,1-3,5-7H2. The minimum absolute atomic E-state index is 0.114. The van der Waals surface area contributed by atoms with Crippen LogP contribution >= 0.6 is 0 Å². The van der Waals surface area contributed by atoms with Gasteiger partial charge in [0.15, 0.2) is 6.29 Å². The Bertz CT molecular complexity index is 300. The average molecular weight is 195 g/mol. The van der Waals surface area contributed by atoms with Crippen molar-refractivity contribution in [3.8, 4) is 0 Å². The summed E-state index contributed by atoms with van der Waals surface area (Å²) in [6, 6.07) is 0. The van der Waals surface area contributed by atoms with Crippen molar-refractivity contribution in [1.29, 1.82) is 0 Å². The van der Waals surface area contributed by atoms with Crippen LogP contribution in [0.4, 0.5) is 4.39 Å². The van der Waals surface area contributed by atoms with E-state index in [-0.39, 0.29) is 5.83 Å². The molecule has 0 aromatic heterocycles. The fraction of sp³-hybridized carbons (Fsp3) is 0.545. The molecule has 3 heteroatoms. The summed E-state index contributed by atoms with van der Waals surface area (Å²) in [7, 11) is 0. The molecule has 0 bridgehead atoms. The lowest BCUT2D eigenvalue weighted by Crippen LogP contribution is -2.23. The molecule has 76 valence electrons. The van der Waals surface area contributed by atoms with Gasteiger partial charge in [0, 0.05) is 25.1 Å². The molecule has 0 amide bonds. The van der Waals surface area contributed by atoms with E-state index < -0.39 is 0 Å². The molecule has 1 aliphatic carbocycles. The molecule has 2 aliphatic rings. The quantitative estimate of drug-likeness (QED) is 0.629. The molecule has 1 heterocycles. The van der Waals surface area contributed by atoms with Gasteiger partial charge in [-0.3, -0.25) is 4.79 Å². The molecule has 1 fully saturated rings. The molecule has 1 aliphatic heterocycles. The van der Waals surface area contributed by atoms with E-state index in [1.54, 1.807) is 0 Å². The molecular weight excluding hydrogens is 181 g/mol. The number of carbonyl (C=O) groups excluding carboxylic acids is 1. The normalized spacial score (nSPS) is 22.6. The lowest BCUT2D eigenvalue weighted by molar-refractivity contribution is -0.104. The lowest BCUT2D eigenvalue weighted by atomic mass is 10.0. The van der Waals surface area contributed by atoms with Crippen LogP contribution in [0, 0.1) is 0 Å². The van der Waals surface area contributed by atoms with Crippen molar-refractivity contribution in [1.82, 2.24) is 4.90 Å². The number of likely N-dealkylation sites (tertiary alicyclic amines) is 1. The van der Waals surface area contributed by atoms with E-state index in [1.807, 2.05) is 11.0 Å². The van der Waals surface area contributed by atoms with Crippen LogP contribution < -0.4 is 0 Å². The predicted octanol–water partition coefficient (Wildman–Crippen LogP) is 2.18. The third-order valence-corrected chi connectivity index (χ3v) is 2.81. The first kappa shape index (κ1) is 9.44. The zero-order valence-corrected chi connectivity index (χ0v) is 8.13. The summed E-state index contributed by atoms with van der Waals surface area (Å²) in [5.41, 5.74) is 1.10. The third-order valence-electron chi connectivity index (χ3n) is 2.81. The van der Waals surface area contributed by atoms with Crippen LogP contribution in [-0.2, 0) is 4.79 Å². The highest BCUT2D eigenvalue weighted by molar-refractivity contribution is 5.80. The molecule has 0 spiro atoms. The van der Waals surface area contributed by atoms with Crippen LogP contribution in [0.5, 0.6) is 0 Å². The Morgan fingerprint density at radius 2 is 2.07 bits per heavy atom. The molecule has 0 radical (unpaired) electrons. The number of aldehydes is 1. The highest BCUT2D eigenvalue weighted by Crippen LogP contribution is 2.30. The maximum atomic E-state index is 13.6. The van der Waals surface area contributed by atoms with Gasteiger partial charge in [-0.1, -0.05) is 6.08 Å². The monoisotopic (exact) mass is 195 g/mol. The number of allylic oxidation sites excluding steroid dienone is 3. The molecule has 1 saturated heterocycles. The van der Waals surface area contributed by atoms with Gasteiger partial charge in [-0.15, -0.1) is 0 Å². The number of nitrogens with zero attached hydrogens (tertiary/aromatic N) is 1. The molecule has 0 aromatic carbocycles. The maximum absolute atomic E-state index is 13.6. The zero-order chi connectivity index (χ0) is 9.97. The van der Waals surface area contributed by atoms with Crippen molar-refractivity contribution in [2.45, 2.75) is 25.7 Å². The van der Waals surface area contributed by atoms with Gasteiger partial charge in [0.25, 0.3) is 0 Å². The summed E-state index contributed by atoms with van der Waals surface area (Å²) in [5.74, 6) is -0.114.